The Morgan fingerprint density at radius 3 is 2.56 bits per heavy atom. The van der Waals surface area contributed by atoms with Crippen LogP contribution in [0.3, 0.4) is 0 Å². The van der Waals surface area contributed by atoms with Crippen LogP contribution in [-0.2, 0) is 6.42 Å². The molecule has 0 bridgehead atoms. The largest absolute Gasteiger partial charge is 0.504 e. The standard InChI is InChI=1S/C19H31N3O3/c1-5-19(2,3)22-12-10-21(11-13-22)18(24)20-9-8-15-6-7-16(23)17(14-15)25-4/h6-7,14,23H,5,8-13H2,1-4H3,(H,20,24). The molecule has 0 saturated carbocycles. The summed E-state index contributed by atoms with van der Waals surface area (Å²) in [5.74, 6) is 0.585. The monoisotopic (exact) mass is 349 g/mol. The molecular formula is C19H31N3O3. The maximum atomic E-state index is 12.3. The second-order valence-corrected chi connectivity index (χ2v) is 7.13. The number of carbonyl (C=O) groups excluding carboxylic acids is 1. The van der Waals surface area contributed by atoms with E-state index in [0.29, 0.717) is 18.7 Å². The molecule has 0 aromatic heterocycles. The number of ether oxygens (including phenoxy) is 1. The first-order valence-electron chi connectivity index (χ1n) is 9.01. The van der Waals surface area contributed by atoms with Crippen molar-refractivity contribution in [3.63, 3.8) is 0 Å². The zero-order chi connectivity index (χ0) is 18.4. The van der Waals surface area contributed by atoms with Gasteiger partial charge in [-0.15, -0.1) is 0 Å². The van der Waals surface area contributed by atoms with Crippen molar-refractivity contribution in [2.24, 2.45) is 0 Å². The van der Waals surface area contributed by atoms with Crippen LogP contribution >= 0.6 is 0 Å². The van der Waals surface area contributed by atoms with Crippen molar-refractivity contribution >= 4 is 6.03 Å². The van der Waals surface area contributed by atoms with Crippen molar-refractivity contribution in [2.75, 3.05) is 39.8 Å². The van der Waals surface area contributed by atoms with E-state index in [1.165, 1.54) is 7.11 Å². The lowest BCUT2D eigenvalue weighted by atomic mass is 9.98. The van der Waals surface area contributed by atoms with Gasteiger partial charge in [-0.3, -0.25) is 4.90 Å². The minimum absolute atomic E-state index is 0.000280. The van der Waals surface area contributed by atoms with Crippen LogP contribution in [0.1, 0.15) is 32.8 Å². The van der Waals surface area contributed by atoms with E-state index >= 15 is 0 Å². The molecule has 1 heterocycles. The van der Waals surface area contributed by atoms with Crippen molar-refractivity contribution < 1.29 is 14.6 Å². The first-order valence-corrected chi connectivity index (χ1v) is 9.01. The summed E-state index contributed by atoms with van der Waals surface area (Å²) in [6, 6.07) is 5.26. The van der Waals surface area contributed by atoms with Gasteiger partial charge in [0, 0.05) is 38.3 Å². The van der Waals surface area contributed by atoms with Crippen molar-refractivity contribution in [3.8, 4) is 11.5 Å². The van der Waals surface area contributed by atoms with Crippen LogP contribution in [0.25, 0.3) is 0 Å². The molecule has 0 unspecified atom stereocenters. The van der Waals surface area contributed by atoms with Crippen LogP contribution in [0.15, 0.2) is 18.2 Å². The van der Waals surface area contributed by atoms with Gasteiger partial charge < -0.3 is 20.1 Å². The topological polar surface area (TPSA) is 65.0 Å². The molecule has 6 nitrogen and oxygen atoms in total. The van der Waals surface area contributed by atoms with Gasteiger partial charge in [-0.2, -0.15) is 0 Å². The van der Waals surface area contributed by atoms with Crippen molar-refractivity contribution in [1.82, 2.24) is 15.1 Å². The Morgan fingerprint density at radius 1 is 1.28 bits per heavy atom. The smallest absolute Gasteiger partial charge is 0.317 e. The third-order valence-electron chi connectivity index (χ3n) is 5.22. The molecule has 0 spiro atoms. The molecule has 1 aliphatic rings. The minimum atomic E-state index is -0.000280. The normalized spacial score (nSPS) is 15.9. The van der Waals surface area contributed by atoms with Gasteiger partial charge in [-0.1, -0.05) is 13.0 Å². The van der Waals surface area contributed by atoms with Crippen molar-refractivity contribution in [2.45, 2.75) is 39.2 Å². The fraction of sp³-hybridized carbons (Fsp3) is 0.632. The molecular weight excluding hydrogens is 318 g/mol. The average Bonchev–Trinajstić information content (AvgIpc) is 2.63. The van der Waals surface area contributed by atoms with E-state index in [0.717, 1.165) is 38.2 Å². The predicted molar refractivity (Wildman–Crippen MR) is 99.3 cm³/mol. The van der Waals surface area contributed by atoms with Crippen molar-refractivity contribution in [3.05, 3.63) is 23.8 Å². The molecule has 1 aromatic carbocycles. The first-order chi connectivity index (χ1) is 11.9. The van der Waals surface area contributed by atoms with Crippen LogP contribution in [0, 0.1) is 0 Å². The maximum absolute atomic E-state index is 12.3. The molecule has 1 saturated heterocycles. The van der Waals surface area contributed by atoms with Crippen LogP contribution < -0.4 is 10.1 Å². The second-order valence-electron chi connectivity index (χ2n) is 7.13. The number of hydrogen-bond acceptors (Lipinski definition) is 4. The molecule has 25 heavy (non-hydrogen) atoms. The number of urea groups is 1. The summed E-state index contributed by atoms with van der Waals surface area (Å²) in [7, 11) is 1.53. The predicted octanol–water partition coefficient (Wildman–Crippen LogP) is 2.46. The Kier molecular flexibility index (Phi) is 6.53. The number of piperazine rings is 1. The highest BCUT2D eigenvalue weighted by atomic mass is 16.5. The van der Waals surface area contributed by atoms with Gasteiger partial charge in [0.15, 0.2) is 11.5 Å². The number of aromatic hydroxyl groups is 1. The summed E-state index contributed by atoms with van der Waals surface area (Å²) in [4.78, 5) is 16.7. The number of methoxy groups -OCH3 is 1. The molecule has 2 N–H and O–H groups in total. The minimum Gasteiger partial charge on any atom is -0.504 e. The first kappa shape index (κ1) is 19.4. The number of phenols is 1. The molecule has 2 rings (SSSR count). The Bertz CT molecular complexity index is 581. The summed E-state index contributed by atoms with van der Waals surface area (Å²) in [5, 5.41) is 12.6. The van der Waals surface area contributed by atoms with E-state index in [2.05, 4.69) is 31.0 Å². The Morgan fingerprint density at radius 2 is 1.96 bits per heavy atom. The van der Waals surface area contributed by atoms with Gasteiger partial charge in [0.2, 0.25) is 0 Å². The Hall–Kier alpha value is -1.95. The molecule has 1 aromatic rings. The number of rotatable bonds is 6. The lowest BCUT2D eigenvalue weighted by Crippen LogP contribution is -2.57. The zero-order valence-electron chi connectivity index (χ0n) is 15.8. The number of nitrogens with one attached hydrogen (secondary N) is 1. The van der Waals surface area contributed by atoms with E-state index < -0.39 is 0 Å². The fourth-order valence-electron chi connectivity index (χ4n) is 3.04. The lowest BCUT2D eigenvalue weighted by molar-refractivity contribution is 0.0615. The highest BCUT2D eigenvalue weighted by molar-refractivity contribution is 5.74. The number of amides is 2. The van der Waals surface area contributed by atoms with Crippen LogP contribution in [-0.4, -0.2) is 66.3 Å². The molecule has 0 radical (unpaired) electrons. The molecule has 1 aliphatic heterocycles. The molecule has 140 valence electrons. The highest BCUT2D eigenvalue weighted by Crippen LogP contribution is 2.26. The number of carbonyl (C=O) groups is 1. The maximum Gasteiger partial charge on any atom is 0.317 e. The van der Waals surface area contributed by atoms with Crippen molar-refractivity contribution in [1.29, 1.82) is 0 Å². The number of nitrogens with zero attached hydrogens (tertiary/aromatic N) is 2. The number of phenolic OH excluding ortho intramolecular Hbond substituents is 1. The second kappa shape index (κ2) is 8.43. The number of hydrogen-bond donors (Lipinski definition) is 2. The third-order valence-corrected chi connectivity index (χ3v) is 5.22. The van der Waals surface area contributed by atoms with Crippen LogP contribution in [0.5, 0.6) is 11.5 Å². The van der Waals surface area contributed by atoms with Gasteiger partial charge in [-0.25, -0.2) is 4.79 Å². The SMILES string of the molecule is CCC(C)(C)N1CCN(C(=O)NCCc2ccc(O)c(OC)c2)CC1. The summed E-state index contributed by atoms with van der Waals surface area (Å²) >= 11 is 0. The average molecular weight is 349 g/mol. The van der Waals surface area contributed by atoms with E-state index in [-0.39, 0.29) is 17.3 Å². The molecule has 0 atom stereocenters. The van der Waals surface area contributed by atoms with Gasteiger partial charge in [0.1, 0.15) is 0 Å². The molecule has 1 fully saturated rings. The molecule has 0 aliphatic carbocycles. The Balaban J connectivity index is 1.76. The summed E-state index contributed by atoms with van der Waals surface area (Å²) in [5.41, 5.74) is 1.21. The van der Waals surface area contributed by atoms with E-state index in [4.69, 9.17) is 4.74 Å². The van der Waals surface area contributed by atoms with E-state index in [9.17, 15) is 9.90 Å². The van der Waals surface area contributed by atoms with Gasteiger partial charge in [-0.05, 0) is 44.4 Å². The van der Waals surface area contributed by atoms with Gasteiger partial charge in [0.05, 0.1) is 7.11 Å². The summed E-state index contributed by atoms with van der Waals surface area (Å²) in [6.45, 7) is 10.7. The van der Waals surface area contributed by atoms with E-state index in [1.807, 2.05) is 11.0 Å². The molecule has 2 amide bonds. The highest BCUT2D eigenvalue weighted by Gasteiger charge is 2.29. The fourth-order valence-corrected chi connectivity index (χ4v) is 3.04. The zero-order valence-corrected chi connectivity index (χ0v) is 15.8. The van der Waals surface area contributed by atoms with Crippen LogP contribution in [0.4, 0.5) is 4.79 Å². The Labute approximate surface area is 150 Å². The van der Waals surface area contributed by atoms with E-state index in [1.54, 1.807) is 12.1 Å². The lowest BCUT2D eigenvalue weighted by Gasteiger charge is -2.43. The van der Waals surface area contributed by atoms with Gasteiger partial charge >= 0.3 is 6.03 Å². The van der Waals surface area contributed by atoms with Crippen LogP contribution in [0.2, 0.25) is 0 Å². The summed E-state index contributed by atoms with van der Waals surface area (Å²) in [6.07, 6.45) is 1.81. The van der Waals surface area contributed by atoms with Gasteiger partial charge in [0.25, 0.3) is 0 Å². The quantitative estimate of drug-likeness (QED) is 0.828. The summed E-state index contributed by atoms with van der Waals surface area (Å²) < 4.78 is 5.10. The number of benzene rings is 1. The third kappa shape index (κ3) is 5.01. The molecule has 6 heteroatoms.